The van der Waals surface area contributed by atoms with Crippen molar-refractivity contribution in [3.05, 3.63) is 34.1 Å². The molecule has 0 amide bonds. The van der Waals surface area contributed by atoms with Crippen LogP contribution in [0, 0.1) is 5.82 Å². The number of likely N-dealkylation sites (N-methyl/N-ethyl adjacent to an activating group) is 1. The molecule has 0 aromatic heterocycles. The monoisotopic (exact) mass is 317 g/mol. The second-order valence-corrected chi connectivity index (χ2v) is 5.12. The minimum atomic E-state index is -0.201. The maximum atomic E-state index is 13.3. The molecule has 2 unspecified atom stereocenters. The Hall–Kier alpha value is -0.450. The van der Waals surface area contributed by atoms with Gasteiger partial charge in [-0.3, -0.25) is 0 Å². The highest BCUT2D eigenvalue weighted by Gasteiger charge is 2.18. The van der Waals surface area contributed by atoms with Crippen molar-refractivity contribution < 1.29 is 9.13 Å². The molecule has 1 aromatic rings. The molecule has 0 spiro atoms. The van der Waals surface area contributed by atoms with E-state index in [1.165, 1.54) is 6.07 Å². The lowest BCUT2D eigenvalue weighted by Gasteiger charge is -2.25. The lowest BCUT2D eigenvalue weighted by Crippen LogP contribution is -2.41. The summed E-state index contributed by atoms with van der Waals surface area (Å²) in [4.78, 5) is 0. The Morgan fingerprint density at radius 2 is 2.11 bits per heavy atom. The predicted molar refractivity (Wildman–Crippen MR) is 76.4 cm³/mol. The number of benzene rings is 1. The standard InChI is InChI=1S/C14H21BrFNO/c1-4-17-14(10(3)18-5-2)9-11-8-12(16)6-7-13(11)15/h6-8,10,14,17H,4-5,9H2,1-3H3. The van der Waals surface area contributed by atoms with Gasteiger partial charge in [-0.05, 0) is 50.6 Å². The molecular weight excluding hydrogens is 297 g/mol. The van der Waals surface area contributed by atoms with Gasteiger partial charge in [0.2, 0.25) is 0 Å². The highest BCUT2D eigenvalue weighted by molar-refractivity contribution is 9.10. The van der Waals surface area contributed by atoms with E-state index in [-0.39, 0.29) is 18.0 Å². The zero-order valence-corrected chi connectivity index (χ0v) is 12.8. The Bertz CT molecular complexity index is 373. The molecule has 0 fully saturated rings. The van der Waals surface area contributed by atoms with Crippen LogP contribution in [0.1, 0.15) is 26.3 Å². The van der Waals surface area contributed by atoms with Crippen LogP contribution in [0.3, 0.4) is 0 Å². The number of hydrogen-bond acceptors (Lipinski definition) is 2. The largest absolute Gasteiger partial charge is 0.377 e. The molecule has 18 heavy (non-hydrogen) atoms. The summed E-state index contributed by atoms with van der Waals surface area (Å²) < 4.78 is 19.8. The first-order chi connectivity index (χ1) is 8.58. The summed E-state index contributed by atoms with van der Waals surface area (Å²) in [5, 5.41) is 3.39. The van der Waals surface area contributed by atoms with E-state index in [4.69, 9.17) is 4.74 Å². The third-order valence-electron chi connectivity index (χ3n) is 2.91. The van der Waals surface area contributed by atoms with Crippen LogP contribution in [-0.2, 0) is 11.2 Å². The van der Waals surface area contributed by atoms with E-state index in [0.717, 1.165) is 23.0 Å². The van der Waals surface area contributed by atoms with Crippen molar-refractivity contribution >= 4 is 15.9 Å². The summed E-state index contributed by atoms with van der Waals surface area (Å²) in [6.45, 7) is 7.65. The molecule has 1 rings (SSSR count). The highest BCUT2D eigenvalue weighted by Crippen LogP contribution is 2.20. The van der Waals surface area contributed by atoms with Crippen molar-refractivity contribution in [1.29, 1.82) is 0 Å². The fourth-order valence-electron chi connectivity index (χ4n) is 1.98. The van der Waals surface area contributed by atoms with E-state index in [1.54, 1.807) is 12.1 Å². The first-order valence-electron chi connectivity index (χ1n) is 6.37. The van der Waals surface area contributed by atoms with Crippen LogP contribution in [-0.4, -0.2) is 25.3 Å². The maximum absolute atomic E-state index is 13.3. The molecule has 4 heteroatoms. The van der Waals surface area contributed by atoms with Crippen molar-refractivity contribution in [2.24, 2.45) is 0 Å². The number of hydrogen-bond donors (Lipinski definition) is 1. The molecule has 2 atom stereocenters. The molecule has 0 heterocycles. The Morgan fingerprint density at radius 3 is 2.72 bits per heavy atom. The zero-order valence-electron chi connectivity index (χ0n) is 11.2. The first-order valence-corrected chi connectivity index (χ1v) is 7.16. The SMILES string of the molecule is CCNC(Cc1cc(F)ccc1Br)C(C)OCC. The van der Waals surface area contributed by atoms with E-state index >= 15 is 0 Å². The summed E-state index contributed by atoms with van der Waals surface area (Å²) >= 11 is 3.46. The molecular formula is C14H21BrFNO. The average molecular weight is 318 g/mol. The quantitative estimate of drug-likeness (QED) is 0.830. The molecule has 1 N–H and O–H groups in total. The molecule has 0 bridgehead atoms. The summed E-state index contributed by atoms with van der Waals surface area (Å²) in [7, 11) is 0. The lowest BCUT2D eigenvalue weighted by molar-refractivity contribution is 0.0480. The Kier molecular flexibility index (Phi) is 6.82. The molecule has 1 aromatic carbocycles. The van der Waals surface area contributed by atoms with E-state index in [9.17, 15) is 4.39 Å². The molecule has 0 aliphatic rings. The highest BCUT2D eigenvalue weighted by atomic mass is 79.9. The van der Waals surface area contributed by atoms with Gasteiger partial charge < -0.3 is 10.1 Å². The molecule has 0 saturated carbocycles. The van der Waals surface area contributed by atoms with Crippen molar-refractivity contribution in [1.82, 2.24) is 5.32 Å². The van der Waals surface area contributed by atoms with Gasteiger partial charge in [0, 0.05) is 17.1 Å². The third kappa shape index (κ3) is 4.67. The van der Waals surface area contributed by atoms with Gasteiger partial charge in [-0.25, -0.2) is 4.39 Å². The lowest BCUT2D eigenvalue weighted by atomic mass is 10.0. The van der Waals surface area contributed by atoms with Crippen molar-refractivity contribution in [2.75, 3.05) is 13.2 Å². The van der Waals surface area contributed by atoms with Gasteiger partial charge in [-0.1, -0.05) is 22.9 Å². The number of nitrogens with one attached hydrogen (secondary N) is 1. The van der Waals surface area contributed by atoms with E-state index in [1.807, 2.05) is 13.8 Å². The Morgan fingerprint density at radius 1 is 1.39 bits per heavy atom. The van der Waals surface area contributed by atoms with Crippen molar-refractivity contribution in [3.63, 3.8) is 0 Å². The summed E-state index contributed by atoms with van der Waals surface area (Å²) in [5.74, 6) is -0.201. The fourth-order valence-corrected chi connectivity index (χ4v) is 2.39. The molecule has 0 radical (unpaired) electrons. The molecule has 0 saturated heterocycles. The minimum absolute atomic E-state index is 0.102. The summed E-state index contributed by atoms with van der Waals surface area (Å²) in [6, 6.07) is 4.97. The van der Waals surface area contributed by atoms with Gasteiger partial charge in [0.25, 0.3) is 0 Å². The molecule has 2 nitrogen and oxygen atoms in total. The van der Waals surface area contributed by atoms with Crippen LogP contribution in [0.5, 0.6) is 0 Å². The minimum Gasteiger partial charge on any atom is -0.377 e. The van der Waals surface area contributed by atoms with Crippen LogP contribution in [0.4, 0.5) is 4.39 Å². The maximum Gasteiger partial charge on any atom is 0.123 e. The van der Waals surface area contributed by atoms with Crippen LogP contribution in [0.2, 0.25) is 0 Å². The normalized spacial score (nSPS) is 14.5. The zero-order chi connectivity index (χ0) is 13.5. The van der Waals surface area contributed by atoms with Gasteiger partial charge in [0.05, 0.1) is 6.10 Å². The van der Waals surface area contributed by atoms with E-state index in [0.29, 0.717) is 6.61 Å². The van der Waals surface area contributed by atoms with Crippen LogP contribution in [0.15, 0.2) is 22.7 Å². The van der Waals surface area contributed by atoms with Gasteiger partial charge in [-0.15, -0.1) is 0 Å². The third-order valence-corrected chi connectivity index (χ3v) is 3.68. The van der Waals surface area contributed by atoms with E-state index in [2.05, 4.69) is 28.2 Å². The van der Waals surface area contributed by atoms with Crippen molar-refractivity contribution in [3.8, 4) is 0 Å². The fraction of sp³-hybridized carbons (Fsp3) is 0.571. The average Bonchev–Trinajstić information content (AvgIpc) is 2.33. The smallest absolute Gasteiger partial charge is 0.123 e. The summed E-state index contributed by atoms with van der Waals surface area (Å²) in [5.41, 5.74) is 0.965. The second kappa shape index (κ2) is 7.87. The Balaban J connectivity index is 2.78. The molecule has 0 aliphatic carbocycles. The Labute approximate surface area is 117 Å². The van der Waals surface area contributed by atoms with Crippen LogP contribution >= 0.6 is 15.9 Å². The number of rotatable bonds is 7. The molecule has 0 aliphatic heterocycles. The van der Waals surface area contributed by atoms with Crippen LogP contribution in [0.25, 0.3) is 0 Å². The van der Waals surface area contributed by atoms with Gasteiger partial charge in [0.15, 0.2) is 0 Å². The van der Waals surface area contributed by atoms with Gasteiger partial charge >= 0.3 is 0 Å². The second-order valence-electron chi connectivity index (χ2n) is 4.26. The number of halogens is 2. The topological polar surface area (TPSA) is 21.3 Å². The molecule has 102 valence electrons. The first kappa shape index (κ1) is 15.6. The van der Waals surface area contributed by atoms with Crippen LogP contribution < -0.4 is 5.32 Å². The van der Waals surface area contributed by atoms with E-state index < -0.39 is 0 Å². The summed E-state index contributed by atoms with van der Waals surface area (Å²) in [6.07, 6.45) is 0.845. The van der Waals surface area contributed by atoms with Gasteiger partial charge in [-0.2, -0.15) is 0 Å². The predicted octanol–water partition coefficient (Wildman–Crippen LogP) is 3.53. The van der Waals surface area contributed by atoms with Crippen molar-refractivity contribution in [2.45, 2.75) is 39.3 Å². The van der Waals surface area contributed by atoms with Gasteiger partial charge in [0.1, 0.15) is 5.82 Å². The number of ether oxygens (including phenoxy) is 1.